The van der Waals surface area contributed by atoms with Crippen LogP contribution >= 0.6 is 0 Å². The lowest BCUT2D eigenvalue weighted by Crippen LogP contribution is -2.34. The highest BCUT2D eigenvalue weighted by atomic mass is 16.2. The number of carbonyl (C=O) groups is 1. The Morgan fingerprint density at radius 2 is 1.27 bits per heavy atom. The van der Waals surface area contributed by atoms with Crippen LogP contribution in [0.15, 0.2) is 182 Å². The molecule has 0 aliphatic carbocycles. The van der Waals surface area contributed by atoms with Crippen molar-refractivity contribution in [1.82, 2.24) is 10.2 Å². The molecule has 0 radical (unpaired) electrons. The fourth-order valence-corrected chi connectivity index (χ4v) is 8.57. The molecule has 0 saturated heterocycles. The molecule has 0 atom stereocenters. The number of amides is 1. The number of allylic oxidation sites excluding steroid dienone is 1. The number of nitrogens with one attached hydrogen (secondary N) is 1. The van der Waals surface area contributed by atoms with E-state index in [0.717, 1.165) is 72.1 Å². The molecule has 0 saturated carbocycles. The number of nitriles is 1. The quantitative estimate of drug-likeness (QED) is 0.126. The minimum absolute atomic E-state index is 0.0774. The van der Waals surface area contributed by atoms with Crippen LogP contribution in [0, 0.1) is 18.3 Å². The molecule has 262 valence electrons. The SMILES string of the molecule is Cc1c(-c2ccc(C#N)cc2)ccc2c1N(Cc1cccc3ccccc13)C(=O)C2=C(c1cn[nH]c1)C(c1ccccc1)(c1ccccc1)c1ccccc1. The molecule has 1 aliphatic heterocycles. The summed E-state index contributed by atoms with van der Waals surface area (Å²) in [6.45, 7) is 2.48. The van der Waals surface area contributed by atoms with Gasteiger partial charge in [-0.15, -0.1) is 0 Å². The number of carbonyl (C=O) groups excluding carboxylic acids is 1. The number of aromatic nitrogens is 2. The largest absolute Gasteiger partial charge is 0.303 e. The van der Waals surface area contributed by atoms with Gasteiger partial charge < -0.3 is 4.90 Å². The zero-order valence-corrected chi connectivity index (χ0v) is 30.3. The second-order valence-electron chi connectivity index (χ2n) is 13.9. The van der Waals surface area contributed by atoms with Gasteiger partial charge in [0, 0.05) is 17.3 Å². The summed E-state index contributed by atoms with van der Waals surface area (Å²) in [5, 5.41) is 19.3. The Hall–Kier alpha value is -7.29. The molecular weight excluding hydrogens is 673 g/mol. The van der Waals surface area contributed by atoms with Crippen molar-refractivity contribution < 1.29 is 4.79 Å². The first-order chi connectivity index (χ1) is 27.1. The fraction of sp³-hybridized carbons (Fsp3) is 0.0600. The average molecular weight is 709 g/mol. The zero-order chi connectivity index (χ0) is 37.4. The number of H-pyrrole nitrogens is 1. The number of benzene rings is 7. The predicted octanol–water partition coefficient (Wildman–Crippen LogP) is 10.9. The number of hydrogen-bond donors (Lipinski definition) is 1. The number of fused-ring (bicyclic) bond motifs is 2. The molecule has 5 nitrogen and oxygen atoms in total. The minimum atomic E-state index is -0.926. The predicted molar refractivity (Wildman–Crippen MR) is 221 cm³/mol. The van der Waals surface area contributed by atoms with Crippen molar-refractivity contribution in [3.05, 3.63) is 227 Å². The average Bonchev–Trinajstić information content (AvgIpc) is 3.88. The molecule has 0 spiro atoms. The fourth-order valence-electron chi connectivity index (χ4n) is 8.57. The van der Waals surface area contributed by atoms with Gasteiger partial charge in [-0.3, -0.25) is 9.89 Å². The topological polar surface area (TPSA) is 72.8 Å². The van der Waals surface area contributed by atoms with E-state index in [4.69, 9.17) is 0 Å². The summed E-state index contributed by atoms with van der Waals surface area (Å²) in [7, 11) is 0. The summed E-state index contributed by atoms with van der Waals surface area (Å²) in [6.07, 6.45) is 3.74. The second-order valence-corrected chi connectivity index (χ2v) is 13.9. The van der Waals surface area contributed by atoms with Gasteiger partial charge >= 0.3 is 0 Å². The molecule has 9 rings (SSSR count). The Morgan fingerprint density at radius 3 is 1.87 bits per heavy atom. The van der Waals surface area contributed by atoms with Crippen LogP contribution in [0.2, 0.25) is 0 Å². The molecule has 0 unspecified atom stereocenters. The third-order valence-electron chi connectivity index (χ3n) is 11.0. The molecule has 8 aromatic rings. The first-order valence-corrected chi connectivity index (χ1v) is 18.4. The number of anilines is 1. The highest BCUT2D eigenvalue weighted by Crippen LogP contribution is 2.55. The summed E-state index contributed by atoms with van der Waals surface area (Å²) < 4.78 is 0. The van der Waals surface area contributed by atoms with Gasteiger partial charge in [0.1, 0.15) is 0 Å². The van der Waals surface area contributed by atoms with Gasteiger partial charge in [0.25, 0.3) is 5.91 Å². The molecule has 2 heterocycles. The Morgan fingerprint density at radius 1 is 0.691 bits per heavy atom. The Balaban J connectivity index is 1.40. The van der Waals surface area contributed by atoms with E-state index >= 15 is 4.79 Å². The monoisotopic (exact) mass is 708 g/mol. The molecule has 0 bridgehead atoms. The van der Waals surface area contributed by atoms with Crippen LogP contribution < -0.4 is 4.90 Å². The van der Waals surface area contributed by atoms with E-state index in [1.807, 2.05) is 65.8 Å². The molecule has 0 fully saturated rings. The molecule has 5 heteroatoms. The lowest BCUT2D eigenvalue weighted by atomic mass is 9.62. The smallest absolute Gasteiger partial charge is 0.259 e. The van der Waals surface area contributed by atoms with E-state index in [1.54, 1.807) is 0 Å². The molecule has 7 aromatic carbocycles. The van der Waals surface area contributed by atoms with E-state index in [0.29, 0.717) is 17.7 Å². The third kappa shape index (κ3) is 5.55. The van der Waals surface area contributed by atoms with Crippen molar-refractivity contribution in [3.63, 3.8) is 0 Å². The molecule has 1 amide bonds. The van der Waals surface area contributed by atoms with Crippen molar-refractivity contribution in [2.45, 2.75) is 18.9 Å². The zero-order valence-electron chi connectivity index (χ0n) is 30.3. The summed E-state index contributed by atoms with van der Waals surface area (Å²) in [5.74, 6) is -0.0774. The maximum Gasteiger partial charge on any atom is 0.259 e. The number of nitrogens with zero attached hydrogens (tertiary/aromatic N) is 3. The Labute approximate surface area is 320 Å². The molecule has 1 N–H and O–H groups in total. The number of aromatic amines is 1. The van der Waals surface area contributed by atoms with E-state index in [2.05, 4.69) is 145 Å². The van der Waals surface area contributed by atoms with Crippen molar-refractivity contribution in [2.24, 2.45) is 0 Å². The van der Waals surface area contributed by atoms with Crippen LogP contribution in [0.3, 0.4) is 0 Å². The van der Waals surface area contributed by atoms with Gasteiger partial charge in [0.15, 0.2) is 0 Å². The maximum absolute atomic E-state index is 15.9. The van der Waals surface area contributed by atoms with E-state index in [9.17, 15) is 5.26 Å². The highest BCUT2D eigenvalue weighted by Gasteiger charge is 2.47. The lowest BCUT2D eigenvalue weighted by molar-refractivity contribution is -0.113. The highest BCUT2D eigenvalue weighted by molar-refractivity contribution is 6.39. The van der Waals surface area contributed by atoms with Crippen LogP contribution in [-0.4, -0.2) is 16.1 Å². The van der Waals surface area contributed by atoms with Crippen molar-refractivity contribution >= 4 is 33.5 Å². The maximum atomic E-state index is 15.9. The van der Waals surface area contributed by atoms with Crippen LogP contribution in [0.1, 0.15) is 44.5 Å². The van der Waals surface area contributed by atoms with Crippen LogP contribution in [0.25, 0.3) is 33.0 Å². The van der Waals surface area contributed by atoms with E-state index in [1.165, 1.54) is 0 Å². The van der Waals surface area contributed by atoms with Gasteiger partial charge in [-0.2, -0.15) is 10.4 Å². The summed E-state index contributed by atoms with van der Waals surface area (Å²) in [4.78, 5) is 17.8. The normalized spacial score (nSPS) is 13.5. The first kappa shape index (κ1) is 33.5. The molecule has 1 aromatic heterocycles. The summed E-state index contributed by atoms with van der Waals surface area (Å²) in [6, 6.07) is 60.2. The van der Waals surface area contributed by atoms with Crippen LogP contribution in [-0.2, 0) is 16.8 Å². The van der Waals surface area contributed by atoms with Gasteiger partial charge in [-0.05, 0) is 74.3 Å². The second kappa shape index (κ2) is 13.9. The van der Waals surface area contributed by atoms with Crippen molar-refractivity contribution in [1.29, 1.82) is 5.26 Å². The minimum Gasteiger partial charge on any atom is -0.303 e. The summed E-state index contributed by atoms with van der Waals surface area (Å²) >= 11 is 0. The van der Waals surface area contributed by atoms with Crippen molar-refractivity contribution in [2.75, 3.05) is 4.90 Å². The van der Waals surface area contributed by atoms with Gasteiger partial charge in [0.05, 0.1) is 41.0 Å². The van der Waals surface area contributed by atoms with Gasteiger partial charge in [0.2, 0.25) is 0 Å². The number of rotatable bonds is 8. The van der Waals surface area contributed by atoms with E-state index in [-0.39, 0.29) is 5.91 Å². The third-order valence-corrected chi connectivity index (χ3v) is 11.0. The van der Waals surface area contributed by atoms with E-state index < -0.39 is 5.41 Å². The Kier molecular flexibility index (Phi) is 8.49. The van der Waals surface area contributed by atoms with Gasteiger partial charge in [-0.1, -0.05) is 158 Å². The number of hydrogen-bond acceptors (Lipinski definition) is 3. The van der Waals surface area contributed by atoms with Crippen molar-refractivity contribution in [3.8, 4) is 17.2 Å². The summed E-state index contributed by atoms with van der Waals surface area (Å²) in [5.41, 5.74) is 10.8. The van der Waals surface area contributed by atoms with Gasteiger partial charge in [-0.25, -0.2) is 0 Å². The molecular formula is C50H36N4O. The lowest BCUT2D eigenvalue weighted by Gasteiger charge is -2.39. The molecule has 1 aliphatic rings. The molecule has 55 heavy (non-hydrogen) atoms. The van der Waals surface area contributed by atoms with Crippen LogP contribution in [0.4, 0.5) is 5.69 Å². The van der Waals surface area contributed by atoms with Crippen LogP contribution in [0.5, 0.6) is 0 Å². The Bertz CT molecular complexity index is 2640. The first-order valence-electron chi connectivity index (χ1n) is 18.4. The standard InChI is InChI=1S/C50H36N4O/c1-34-43(37-26-24-35(30-51)25-27-37)28-29-45-46(49(55)54(48(34)45)33-38-16-13-15-36-14-11-12-23-44(36)38)47(39-31-52-53-32-39)50(40-17-5-2-6-18-40,41-19-7-3-8-20-41)42-21-9-4-10-22-42/h2-29,31-32H,33H2,1H3,(H,52,53).